The maximum atomic E-state index is 12.8. The van der Waals surface area contributed by atoms with E-state index in [2.05, 4.69) is 61.2 Å². The van der Waals surface area contributed by atoms with Crippen molar-refractivity contribution < 1.29 is 24.3 Å². The summed E-state index contributed by atoms with van der Waals surface area (Å²) in [7, 11) is 2.14. The average Bonchev–Trinajstić information content (AvgIpc) is 3.40. The van der Waals surface area contributed by atoms with E-state index in [-0.39, 0.29) is 22.9 Å². The number of carbonyl (C=O) groups excluding carboxylic acids is 2. The van der Waals surface area contributed by atoms with Gasteiger partial charge in [-0.1, -0.05) is 50.0 Å². The van der Waals surface area contributed by atoms with Crippen molar-refractivity contribution in [2.24, 2.45) is 0 Å². The van der Waals surface area contributed by atoms with Gasteiger partial charge < -0.3 is 14.8 Å². The van der Waals surface area contributed by atoms with Crippen molar-refractivity contribution in [1.29, 1.82) is 0 Å². The average molecular weight is 730 g/mol. The summed E-state index contributed by atoms with van der Waals surface area (Å²) < 4.78 is 2.32. The first kappa shape index (κ1) is 35.3. The second-order valence-electron chi connectivity index (χ2n) is 14.8. The molecule has 0 aromatic heterocycles. The Kier molecular flexibility index (Phi) is 9.52. The number of amides is 1. The van der Waals surface area contributed by atoms with Gasteiger partial charge >= 0.3 is 11.9 Å². The molecule has 3 aliphatic heterocycles. The molecule has 0 atom stereocenters. The number of benzene rings is 3. The van der Waals surface area contributed by atoms with Gasteiger partial charge in [-0.25, -0.2) is 14.2 Å². The van der Waals surface area contributed by atoms with Crippen LogP contribution < -0.4 is 20.1 Å². The predicted molar refractivity (Wildman–Crippen MR) is 200 cm³/mol. The second kappa shape index (κ2) is 13.8. The number of carboxylic acids is 1. The molecule has 1 saturated heterocycles. The Hall–Kier alpha value is -4.14. The molecule has 0 saturated carbocycles. The van der Waals surface area contributed by atoms with Crippen LogP contribution in [0.3, 0.4) is 0 Å². The third-order valence-electron chi connectivity index (χ3n) is 11.1. The van der Waals surface area contributed by atoms with Crippen molar-refractivity contribution in [3.8, 4) is 0 Å². The number of rotatable bonds is 9. The van der Waals surface area contributed by atoms with Gasteiger partial charge in [-0.2, -0.15) is 0 Å². The molecule has 7 rings (SSSR count). The molecular formula is C41H44Cl2N3O5+. The first-order valence-electron chi connectivity index (χ1n) is 18.0. The van der Waals surface area contributed by atoms with E-state index in [0.29, 0.717) is 35.5 Å². The molecule has 0 radical (unpaired) electrons. The van der Waals surface area contributed by atoms with Gasteiger partial charge in [-0.3, -0.25) is 4.79 Å². The van der Waals surface area contributed by atoms with E-state index < -0.39 is 17.4 Å². The predicted octanol–water partition coefficient (Wildman–Crippen LogP) is 6.55. The van der Waals surface area contributed by atoms with Crippen molar-refractivity contribution >= 4 is 52.3 Å². The molecular weight excluding hydrogens is 685 g/mol. The van der Waals surface area contributed by atoms with Crippen LogP contribution in [0.5, 0.6) is 0 Å². The zero-order chi connectivity index (χ0) is 36.2. The highest BCUT2D eigenvalue weighted by atomic mass is 35.5. The first-order valence-corrected chi connectivity index (χ1v) is 18.7. The van der Waals surface area contributed by atoms with Gasteiger partial charge in [0, 0.05) is 65.7 Å². The van der Waals surface area contributed by atoms with Gasteiger partial charge in [0.25, 0.3) is 5.91 Å². The van der Waals surface area contributed by atoms with Crippen LogP contribution in [0.25, 0.3) is 5.57 Å². The number of aryl methyl sites for hydroxylation is 2. The van der Waals surface area contributed by atoms with Gasteiger partial charge in [0.05, 0.1) is 16.3 Å². The van der Waals surface area contributed by atoms with Crippen LogP contribution >= 0.6 is 23.2 Å². The maximum absolute atomic E-state index is 12.8. The largest absolute Gasteiger partial charge is 0.478 e. The minimum atomic E-state index is -1.11. The molecule has 266 valence electrons. The third-order valence-corrected chi connectivity index (χ3v) is 11.7. The van der Waals surface area contributed by atoms with E-state index >= 15 is 0 Å². The zero-order valence-corrected chi connectivity index (χ0v) is 31.1. The number of hydrogen-bond donors (Lipinski definition) is 1. The van der Waals surface area contributed by atoms with E-state index in [0.717, 1.165) is 90.7 Å². The Morgan fingerprint density at radius 2 is 1.73 bits per heavy atom. The molecule has 0 spiro atoms. The lowest BCUT2D eigenvalue weighted by Crippen LogP contribution is -2.42. The van der Waals surface area contributed by atoms with Crippen LogP contribution in [0, 0.1) is 0 Å². The molecule has 0 bridgehead atoms. The standard InChI is InChI=1S/C41H43Cl2N3O5/c1-24-13-16-35(47)46(24)51-36(48)12-6-5-7-18-45-19-9-11-26-21-28-30(23-34(26)45)41(2,3)29-22-33-25(10-8-17-44(33)4)20-27(29)37(28)38-31(42)14-15-32(43)39(38)40(49)50/h14-15,20-23H,1,5-13,16-19H2,2-4H3/p+1. The van der Waals surface area contributed by atoms with E-state index in [1.54, 1.807) is 12.1 Å². The molecule has 1 fully saturated rings. The number of anilines is 1. The lowest BCUT2D eigenvalue weighted by Gasteiger charge is -2.39. The van der Waals surface area contributed by atoms with Crippen LogP contribution in [-0.4, -0.2) is 54.7 Å². The smallest absolute Gasteiger partial charge is 0.337 e. The number of aromatic carboxylic acids is 1. The summed E-state index contributed by atoms with van der Waals surface area (Å²) in [6, 6.07) is 12.4. The highest BCUT2D eigenvalue weighted by molar-refractivity contribution is 6.37. The van der Waals surface area contributed by atoms with Gasteiger partial charge in [-0.05, 0) is 102 Å². The minimum absolute atomic E-state index is 0.0193. The quantitative estimate of drug-likeness (QED) is 0.199. The number of unbranched alkanes of at least 4 members (excludes halogenated alkanes) is 2. The SMILES string of the molecule is C=C1CCC(=O)N1OC(=O)CCCCCN1CCCc2cc3c(cc21)C(C)(C)c1cc2c(cc1=C3c1c(Cl)ccc(Cl)c1C(=O)O)CCC[N+]=2C. The van der Waals surface area contributed by atoms with Gasteiger partial charge in [0.15, 0.2) is 0 Å². The second-order valence-corrected chi connectivity index (χ2v) is 15.6. The Labute approximate surface area is 308 Å². The highest BCUT2D eigenvalue weighted by Gasteiger charge is 2.38. The first-order chi connectivity index (χ1) is 24.4. The van der Waals surface area contributed by atoms with E-state index in [4.69, 9.17) is 28.0 Å². The van der Waals surface area contributed by atoms with Gasteiger partial charge in [0.1, 0.15) is 13.6 Å². The Balaban J connectivity index is 1.25. The summed E-state index contributed by atoms with van der Waals surface area (Å²) in [6.45, 7) is 11.1. The molecule has 3 heterocycles. The van der Waals surface area contributed by atoms with Crippen LogP contribution in [0.2, 0.25) is 10.0 Å². The van der Waals surface area contributed by atoms with Gasteiger partial charge in [-0.15, -0.1) is 5.06 Å². The van der Waals surface area contributed by atoms with Crippen molar-refractivity contribution in [2.45, 2.75) is 83.5 Å². The number of hydrogen-bond acceptors (Lipinski definition) is 5. The molecule has 51 heavy (non-hydrogen) atoms. The molecule has 1 N–H and O–H groups in total. The van der Waals surface area contributed by atoms with E-state index in [1.807, 2.05) is 0 Å². The molecule has 1 amide bonds. The number of halogens is 2. The maximum Gasteiger partial charge on any atom is 0.337 e. The number of fused-ring (bicyclic) bond motifs is 4. The normalized spacial score (nSPS) is 17.6. The highest BCUT2D eigenvalue weighted by Crippen LogP contribution is 2.46. The molecule has 4 aliphatic rings. The Bertz CT molecular complexity index is 2120. The lowest BCUT2D eigenvalue weighted by atomic mass is 9.67. The monoisotopic (exact) mass is 728 g/mol. The fourth-order valence-corrected chi connectivity index (χ4v) is 8.90. The van der Waals surface area contributed by atoms with Crippen LogP contribution in [0.1, 0.15) is 109 Å². The van der Waals surface area contributed by atoms with Crippen LogP contribution in [-0.2, 0) is 32.7 Å². The zero-order valence-electron chi connectivity index (χ0n) is 29.5. The summed E-state index contributed by atoms with van der Waals surface area (Å²) in [4.78, 5) is 44.9. The van der Waals surface area contributed by atoms with Crippen LogP contribution in [0.4, 0.5) is 5.69 Å². The Morgan fingerprint density at radius 1 is 0.961 bits per heavy atom. The summed E-state index contributed by atoms with van der Waals surface area (Å²) in [5, 5.41) is 14.3. The van der Waals surface area contributed by atoms with Crippen molar-refractivity contribution in [1.82, 2.24) is 9.64 Å². The number of carbonyl (C=O) groups is 3. The fraction of sp³-hybridized carbons (Fsp3) is 0.415. The number of carboxylic acid groups (broad SMARTS) is 1. The summed E-state index contributed by atoms with van der Waals surface area (Å²) >= 11 is 13.6. The van der Waals surface area contributed by atoms with E-state index in [1.165, 1.54) is 22.2 Å². The summed E-state index contributed by atoms with van der Waals surface area (Å²) in [5.41, 5.74) is 8.39. The van der Waals surface area contributed by atoms with Crippen molar-refractivity contribution in [3.05, 3.63) is 108 Å². The molecule has 3 aromatic rings. The molecule has 1 aliphatic carbocycles. The summed E-state index contributed by atoms with van der Waals surface area (Å²) in [6.07, 6.45) is 7.44. The number of nitrogens with zero attached hydrogens (tertiary/aromatic N) is 3. The summed E-state index contributed by atoms with van der Waals surface area (Å²) in [5.74, 6) is -1.74. The Morgan fingerprint density at radius 3 is 2.47 bits per heavy atom. The topological polar surface area (TPSA) is 90.2 Å². The van der Waals surface area contributed by atoms with Crippen molar-refractivity contribution in [2.75, 3.05) is 31.6 Å². The van der Waals surface area contributed by atoms with Gasteiger partial charge in [0.2, 0.25) is 5.36 Å². The van der Waals surface area contributed by atoms with Crippen molar-refractivity contribution in [3.63, 3.8) is 0 Å². The van der Waals surface area contributed by atoms with E-state index in [9.17, 15) is 19.5 Å². The molecule has 8 nitrogen and oxygen atoms in total. The third kappa shape index (κ3) is 6.35. The molecule has 0 unspecified atom stereocenters. The number of allylic oxidation sites excluding steroid dienone is 1. The fourth-order valence-electron chi connectivity index (χ4n) is 8.41. The minimum Gasteiger partial charge on any atom is -0.478 e. The molecule has 3 aromatic carbocycles. The lowest BCUT2D eigenvalue weighted by molar-refractivity contribution is -0.186. The molecule has 10 heteroatoms. The van der Waals surface area contributed by atoms with Crippen LogP contribution in [0.15, 0.2) is 48.7 Å². The number of hydroxylamine groups is 2.